The molecule has 0 aliphatic heterocycles. The van der Waals surface area contributed by atoms with Crippen LogP contribution in [0.15, 0.2) is 23.3 Å². The molecular formula is C20H28O4. The van der Waals surface area contributed by atoms with Gasteiger partial charge in [-0.1, -0.05) is 32.9 Å². The molecule has 0 unspecified atom stereocenters. The zero-order valence-electron chi connectivity index (χ0n) is 14.9. The molecular weight excluding hydrogens is 304 g/mol. The second kappa shape index (κ2) is 4.60. The number of carbonyl (C=O) groups excluding carboxylic acids is 1. The fourth-order valence-electron chi connectivity index (χ4n) is 6.22. The maximum Gasteiger partial charge on any atom is 0.153 e. The number of fused-ring (bicyclic) bond motifs is 3. The summed E-state index contributed by atoms with van der Waals surface area (Å²) in [5.41, 5.74) is -1.61. The van der Waals surface area contributed by atoms with E-state index in [1.807, 2.05) is 13.0 Å². The third kappa shape index (κ3) is 1.58. The predicted octanol–water partition coefficient (Wildman–Crippen LogP) is 1.99. The van der Waals surface area contributed by atoms with E-state index < -0.39 is 23.2 Å². The van der Waals surface area contributed by atoms with Gasteiger partial charge in [0, 0.05) is 5.92 Å². The zero-order valence-corrected chi connectivity index (χ0v) is 14.9. The molecule has 0 radical (unpaired) electrons. The molecule has 4 rings (SSSR count). The molecule has 1 spiro atoms. The van der Waals surface area contributed by atoms with Gasteiger partial charge in [0.05, 0.1) is 5.41 Å². The van der Waals surface area contributed by atoms with Crippen molar-refractivity contribution in [3.05, 3.63) is 23.3 Å². The fourth-order valence-corrected chi connectivity index (χ4v) is 6.22. The molecule has 2 bridgehead atoms. The molecule has 0 heterocycles. The summed E-state index contributed by atoms with van der Waals surface area (Å²) in [6, 6.07) is 0. The van der Waals surface area contributed by atoms with Crippen LogP contribution in [-0.2, 0) is 4.79 Å². The lowest BCUT2D eigenvalue weighted by molar-refractivity contribution is -0.180. The molecule has 0 aromatic carbocycles. The molecule has 0 saturated heterocycles. The van der Waals surface area contributed by atoms with Crippen molar-refractivity contribution in [1.82, 2.24) is 0 Å². The zero-order chi connectivity index (χ0) is 17.7. The van der Waals surface area contributed by atoms with Crippen LogP contribution in [0.4, 0.5) is 0 Å². The third-order valence-electron chi connectivity index (χ3n) is 7.73. The predicted molar refractivity (Wildman–Crippen MR) is 90.0 cm³/mol. The van der Waals surface area contributed by atoms with Crippen LogP contribution < -0.4 is 0 Å². The van der Waals surface area contributed by atoms with E-state index in [9.17, 15) is 20.1 Å². The number of aliphatic hydroxyl groups excluding tert-OH is 2. The normalized spacial score (nSPS) is 51.8. The number of hydrogen-bond acceptors (Lipinski definition) is 4. The van der Waals surface area contributed by atoms with Gasteiger partial charge in [0.2, 0.25) is 0 Å². The number of ketones is 1. The number of carbonyl (C=O) groups is 1. The monoisotopic (exact) mass is 332 g/mol. The van der Waals surface area contributed by atoms with Crippen LogP contribution >= 0.6 is 0 Å². The van der Waals surface area contributed by atoms with Crippen molar-refractivity contribution < 1.29 is 20.1 Å². The van der Waals surface area contributed by atoms with Crippen molar-refractivity contribution in [3.63, 3.8) is 0 Å². The summed E-state index contributed by atoms with van der Waals surface area (Å²) in [7, 11) is 0. The van der Waals surface area contributed by atoms with Gasteiger partial charge in [-0.2, -0.15) is 0 Å². The summed E-state index contributed by atoms with van der Waals surface area (Å²) < 4.78 is 0. The Kier molecular flexibility index (Phi) is 3.16. The molecule has 4 aliphatic carbocycles. The first-order valence-corrected chi connectivity index (χ1v) is 9.15. The average molecular weight is 332 g/mol. The molecule has 0 amide bonds. The topological polar surface area (TPSA) is 77.8 Å². The van der Waals surface area contributed by atoms with Gasteiger partial charge in [-0.25, -0.2) is 0 Å². The highest BCUT2D eigenvalue weighted by molar-refractivity contribution is 5.95. The first-order chi connectivity index (χ1) is 11.1. The first kappa shape index (κ1) is 16.5. The van der Waals surface area contributed by atoms with Gasteiger partial charge in [-0.15, -0.1) is 0 Å². The van der Waals surface area contributed by atoms with Gasteiger partial charge in [-0.05, 0) is 54.6 Å². The molecule has 2 fully saturated rings. The van der Waals surface area contributed by atoms with Crippen molar-refractivity contribution in [1.29, 1.82) is 0 Å². The van der Waals surface area contributed by atoms with E-state index in [2.05, 4.69) is 13.8 Å². The standard InChI is InChI=1S/C20H28O4/c1-5-11-8-12-14-13(18(14,3)4)6-7-19(17(12)23)9-10(2)15(21)20(19,24)16(11)22/h8-9,12-16,21-22,24H,5-7H2,1-4H3/t12-,13+,14-,15-,16+,19+,20+/m0/s1. The molecule has 132 valence electrons. The van der Waals surface area contributed by atoms with E-state index in [-0.39, 0.29) is 23.0 Å². The number of rotatable bonds is 1. The van der Waals surface area contributed by atoms with Crippen molar-refractivity contribution in [2.24, 2.45) is 28.6 Å². The van der Waals surface area contributed by atoms with Gasteiger partial charge < -0.3 is 15.3 Å². The Morgan fingerprint density at radius 2 is 1.92 bits per heavy atom. The van der Waals surface area contributed by atoms with Crippen molar-refractivity contribution in [2.75, 3.05) is 0 Å². The summed E-state index contributed by atoms with van der Waals surface area (Å²) in [5.74, 6) is 0.444. The highest BCUT2D eigenvalue weighted by Gasteiger charge is 2.73. The molecule has 3 N–H and O–H groups in total. The van der Waals surface area contributed by atoms with E-state index in [0.717, 1.165) is 6.42 Å². The van der Waals surface area contributed by atoms with E-state index in [0.29, 0.717) is 29.9 Å². The van der Waals surface area contributed by atoms with Gasteiger partial charge in [0.25, 0.3) is 0 Å². The summed E-state index contributed by atoms with van der Waals surface area (Å²) in [6.07, 6.45) is 3.18. The van der Waals surface area contributed by atoms with Gasteiger partial charge in [0.1, 0.15) is 17.8 Å². The summed E-state index contributed by atoms with van der Waals surface area (Å²) in [5, 5.41) is 33.2. The van der Waals surface area contributed by atoms with Gasteiger partial charge >= 0.3 is 0 Å². The highest BCUT2D eigenvalue weighted by Crippen LogP contribution is 2.70. The minimum Gasteiger partial charge on any atom is -0.386 e. The maximum absolute atomic E-state index is 13.6. The molecule has 0 aromatic heterocycles. The van der Waals surface area contributed by atoms with Crippen LogP contribution in [0, 0.1) is 28.6 Å². The third-order valence-corrected chi connectivity index (χ3v) is 7.73. The number of hydrogen-bond donors (Lipinski definition) is 3. The first-order valence-electron chi connectivity index (χ1n) is 9.15. The Morgan fingerprint density at radius 1 is 1.25 bits per heavy atom. The van der Waals surface area contributed by atoms with Crippen molar-refractivity contribution in [2.45, 2.75) is 64.8 Å². The Hall–Kier alpha value is -0.970. The number of Topliss-reactive ketones (excluding diaryl/α,β-unsaturated/α-hetero) is 1. The SMILES string of the molecule is CCC1=C[C@@H]2C(=O)[C@]3(C=C(C)[C@H](O)[C@@]3(O)[C@@H]1O)CC[C@@H]1[C@H]2C1(C)C. The van der Waals surface area contributed by atoms with Gasteiger partial charge in [0.15, 0.2) is 5.78 Å². The lowest BCUT2D eigenvalue weighted by Gasteiger charge is -2.45. The summed E-state index contributed by atoms with van der Waals surface area (Å²) >= 11 is 0. The molecule has 4 heteroatoms. The summed E-state index contributed by atoms with van der Waals surface area (Å²) in [4.78, 5) is 13.6. The molecule has 2 saturated carbocycles. The molecule has 4 nitrogen and oxygen atoms in total. The van der Waals surface area contributed by atoms with Crippen LogP contribution in [0.2, 0.25) is 0 Å². The minimum absolute atomic E-state index is 0.0125. The van der Waals surface area contributed by atoms with E-state index >= 15 is 0 Å². The Bertz CT molecular complexity index is 675. The van der Waals surface area contributed by atoms with E-state index in [4.69, 9.17) is 0 Å². The van der Waals surface area contributed by atoms with Crippen molar-refractivity contribution >= 4 is 5.78 Å². The second-order valence-corrected chi connectivity index (χ2v) is 8.97. The second-order valence-electron chi connectivity index (χ2n) is 8.97. The van der Waals surface area contributed by atoms with Crippen LogP contribution in [0.25, 0.3) is 0 Å². The van der Waals surface area contributed by atoms with Crippen LogP contribution in [-0.4, -0.2) is 38.9 Å². The largest absolute Gasteiger partial charge is 0.386 e. The maximum atomic E-state index is 13.6. The molecule has 4 aliphatic rings. The highest BCUT2D eigenvalue weighted by atomic mass is 16.4. The molecule has 0 aromatic rings. The minimum atomic E-state index is -1.84. The lowest BCUT2D eigenvalue weighted by Crippen LogP contribution is -2.62. The molecule has 7 atom stereocenters. The van der Waals surface area contributed by atoms with Crippen LogP contribution in [0.1, 0.15) is 47.0 Å². The van der Waals surface area contributed by atoms with Crippen LogP contribution in [0.3, 0.4) is 0 Å². The fraction of sp³-hybridized carbons (Fsp3) is 0.750. The summed E-state index contributed by atoms with van der Waals surface area (Å²) in [6.45, 7) is 8.10. The van der Waals surface area contributed by atoms with Gasteiger partial charge in [-0.3, -0.25) is 4.79 Å². The van der Waals surface area contributed by atoms with Crippen molar-refractivity contribution in [3.8, 4) is 0 Å². The van der Waals surface area contributed by atoms with E-state index in [1.165, 1.54) is 0 Å². The number of aliphatic hydroxyl groups is 3. The van der Waals surface area contributed by atoms with E-state index in [1.54, 1.807) is 13.0 Å². The smallest absolute Gasteiger partial charge is 0.153 e. The van der Waals surface area contributed by atoms with Crippen LogP contribution in [0.5, 0.6) is 0 Å². The lowest BCUT2D eigenvalue weighted by atomic mass is 9.63. The quantitative estimate of drug-likeness (QED) is 0.642. The Morgan fingerprint density at radius 3 is 2.54 bits per heavy atom. The Balaban J connectivity index is 1.95. The number of allylic oxidation sites excluding steroid dienone is 1. The Labute approximate surface area is 143 Å². The average Bonchev–Trinajstić information content (AvgIpc) is 3.07. The molecule has 24 heavy (non-hydrogen) atoms.